The zero-order chi connectivity index (χ0) is 18.4. The fourth-order valence-corrected chi connectivity index (χ4v) is 4.68. The molecule has 1 saturated carbocycles. The molecule has 2 aliphatic rings. The zero-order valence-electron chi connectivity index (χ0n) is 14.8. The average Bonchev–Trinajstić information content (AvgIpc) is 2.87. The molecule has 1 aliphatic heterocycles. The molecule has 25 heavy (non-hydrogen) atoms. The molecule has 7 nitrogen and oxygen atoms in total. The van der Waals surface area contributed by atoms with Crippen LogP contribution in [0.3, 0.4) is 0 Å². The van der Waals surface area contributed by atoms with Crippen LogP contribution in [0.4, 0.5) is 0 Å². The number of halogens is 1. The van der Waals surface area contributed by atoms with Crippen LogP contribution >= 0.6 is 0 Å². The maximum atomic E-state index is 12.6. The Morgan fingerprint density at radius 2 is 1.96 bits per heavy atom. The number of carbonyl (C=O) groups is 3. The fraction of sp³-hybridized carbons (Fsp3) is 0.824. The van der Waals surface area contributed by atoms with Crippen molar-refractivity contribution in [1.82, 2.24) is 5.06 Å². The van der Waals surface area contributed by atoms with Gasteiger partial charge in [-0.3, -0.25) is 0 Å². The Labute approximate surface area is 159 Å². The van der Waals surface area contributed by atoms with Crippen molar-refractivity contribution in [3.63, 3.8) is 0 Å². The first-order valence-corrected chi connectivity index (χ1v) is 10.7. The third-order valence-electron chi connectivity index (χ3n) is 5.05. The van der Waals surface area contributed by atoms with E-state index in [0.29, 0.717) is 18.8 Å². The number of aliphatic hydroxyl groups is 1. The van der Waals surface area contributed by atoms with E-state index < -0.39 is 27.6 Å². The summed E-state index contributed by atoms with van der Waals surface area (Å²) in [5.74, 6) is -0.456. The van der Waals surface area contributed by atoms with Gasteiger partial charge in [0, 0.05) is 0 Å². The van der Waals surface area contributed by atoms with Gasteiger partial charge in [-0.25, -0.2) is 0 Å². The molecular formula is C17H27INO6-. The number of amides is 2. The summed E-state index contributed by atoms with van der Waals surface area (Å²) in [6, 6.07) is 0. The summed E-state index contributed by atoms with van der Waals surface area (Å²) in [5, 5.41) is 11.7. The molecule has 1 saturated heterocycles. The molecular weight excluding hydrogens is 441 g/mol. The molecule has 0 spiro atoms. The Morgan fingerprint density at radius 1 is 1.28 bits per heavy atom. The molecule has 1 N–H and O–H groups in total. The zero-order valence-corrected chi connectivity index (χ0v) is 17.0. The van der Waals surface area contributed by atoms with Crippen molar-refractivity contribution in [2.45, 2.75) is 70.8 Å². The summed E-state index contributed by atoms with van der Waals surface area (Å²) in [4.78, 5) is 35.4. The SMILES string of the molecule is CCC1CCCC(C)CC(O)(C(=O)CO[I-]ON2C(=O)CCC2=O)C1. The van der Waals surface area contributed by atoms with Gasteiger partial charge in [-0.15, -0.1) is 0 Å². The first-order valence-electron chi connectivity index (χ1n) is 8.91. The van der Waals surface area contributed by atoms with Crippen LogP contribution in [0.15, 0.2) is 0 Å². The summed E-state index contributed by atoms with van der Waals surface area (Å²) in [6.07, 6.45) is 5.35. The van der Waals surface area contributed by atoms with Gasteiger partial charge in [-0.05, 0) is 0 Å². The molecule has 1 heterocycles. The molecule has 0 aromatic rings. The van der Waals surface area contributed by atoms with E-state index in [2.05, 4.69) is 13.8 Å². The second kappa shape index (κ2) is 9.38. The predicted octanol–water partition coefficient (Wildman–Crippen LogP) is -1.07. The van der Waals surface area contributed by atoms with Crippen molar-refractivity contribution in [2.24, 2.45) is 11.8 Å². The minimum atomic E-state index is -1.41. The molecule has 1 aliphatic carbocycles. The van der Waals surface area contributed by atoms with Gasteiger partial charge < -0.3 is 0 Å². The van der Waals surface area contributed by atoms with Crippen LogP contribution in [-0.2, 0) is 20.6 Å². The standard InChI is InChI=1S/C17H27INO6/c1-3-13-6-4-5-12(2)9-17(23,10-13)14(20)11-24-18-25-19-15(21)7-8-16(19)22/h12-13,23H,3-11H2,1-2H3/q-1. The van der Waals surface area contributed by atoms with E-state index in [1.807, 2.05) is 0 Å². The summed E-state index contributed by atoms with van der Waals surface area (Å²) in [7, 11) is 0. The number of hydroxylamine groups is 2. The van der Waals surface area contributed by atoms with Gasteiger partial charge >= 0.3 is 160 Å². The van der Waals surface area contributed by atoms with Gasteiger partial charge in [0.05, 0.1) is 0 Å². The summed E-state index contributed by atoms with van der Waals surface area (Å²) < 4.78 is 10.4. The Balaban J connectivity index is 1.84. The molecule has 0 aromatic heterocycles. The number of hydrogen-bond donors (Lipinski definition) is 1. The summed E-state index contributed by atoms with van der Waals surface area (Å²) in [5.41, 5.74) is -1.36. The Kier molecular flexibility index (Phi) is 7.78. The number of rotatable bonds is 7. The average molecular weight is 468 g/mol. The molecule has 0 radical (unpaired) electrons. The maximum absolute atomic E-state index is 12.6. The van der Waals surface area contributed by atoms with Crippen molar-refractivity contribution in [1.29, 1.82) is 0 Å². The summed E-state index contributed by atoms with van der Waals surface area (Å²) >= 11 is -1.41. The Morgan fingerprint density at radius 3 is 2.60 bits per heavy atom. The Bertz CT molecular complexity index is 497. The number of hydrogen-bond acceptors (Lipinski definition) is 6. The van der Waals surface area contributed by atoms with Crippen LogP contribution in [0.2, 0.25) is 0 Å². The first kappa shape index (κ1) is 20.7. The normalized spacial score (nSPS) is 31.2. The number of nitrogens with zero attached hydrogens (tertiary/aromatic N) is 1. The quantitative estimate of drug-likeness (QED) is 0.291. The van der Waals surface area contributed by atoms with E-state index in [9.17, 15) is 19.5 Å². The van der Waals surface area contributed by atoms with Gasteiger partial charge in [0.1, 0.15) is 0 Å². The van der Waals surface area contributed by atoms with Crippen LogP contribution in [0, 0.1) is 11.8 Å². The number of imide groups is 1. The van der Waals surface area contributed by atoms with Gasteiger partial charge in [-0.1, -0.05) is 0 Å². The molecule has 3 atom stereocenters. The second-order valence-electron chi connectivity index (χ2n) is 7.14. The number of Topliss-reactive ketones (excluding diaryl/α,β-unsaturated/α-hetero) is 1. The van der Waals surface area contributed by atoms with E-state index in [1.165, 1.54) is 0 Å². The monoisotopic (exact) mass is 468 g/mol. The van der Waals surface area contributed by atoms with Gasteiger partial charge in [0.2, 0.25) is 0 Å². The molecule has 8 heteroatoms. The van der Waals surface area contributed by atoms with E-state index in [4.69, 9.17) is 6.23 Å². The van der Waals surface area contributed by atoms with Crippen molar-refractivity contribution >= 4 is 17.6 Å². The van der Waals surface area contributed by atoms with Crippen LogP contribution in [-0.4, -0.2) is 40.0 Å². The van der Waals surface area contributed by atoms with E-state index in [-0.39, 0.29) is 43.0 Å². The van der Waals surface area contributed by atoms with Crippen molar-refractivity contribution in [3.8, 4) is 0 Å². The number of carbonyl (C=O) groups excluding carboxylic acids is 3. The molecule has 3 unspecified atom stereocenters. The first-order chi connectivity index (χ1) is 11.9. The fourth-order valence-electron chi connectivity index (χ4n) is 3.56. The molecule has 144 valence electrons. The van der Waals surface area contributed by atoms with Crippen LogP contribution < -0.4 is 22.0 Å². The topological polar surface area (TPSA) is 93.1 Å². The molecule has 2 rings (SSSR count). The van der Waals surface area contributed by atoms with Crippen molar-refractivity contribution in [2.75, 3.05) is 6.61 Å². The van der Waals surface area contributed by atoms with E-state index >= 15 is 0 Å². The minimum absolute atomic E-state index is 0.150. The second-order valence-corrected chi connectivity index (χ2v) is 8.52. The summed E-state index contributed by atoms with van der Waals surface area (Å²) in [6.45, 7) is 3.90. The van der Waals surface area contributed by atoms with Crippen LogP contribution in [0.1, 0.15) is 65.2 Å². The van der Waals surface area contributed by atoms with Crippen LogP contribution in [0.5, 0.6) is 0 Å². The van der Waals surface area contributed by atoms with Gasteiger partial charge in [-0.2, -0.15) is 0 Å². The third kappa shape index (κ3) is 5.70. The molecule has 2 fully saturated rings. The van der Waals surface area contributed by atoms with Crippen molar-refractivity contribution in [3.05, 3.63) is 0 Å². The van der Waals surface area contributed by atoms with E-state index in [1.54, 1.807) is 0 Å². The van der Waals surface area contributed by atoms with E-state index in [0.717, 1.165) is 30.7 Å². The van der Waals surface area contributed by atoms with Crippen LogP contribution in [0.25, 0.3) is 0 Å². The molecule has 0 bridgehead atoms. The van der Waals surface area contributed by atoms with Gasteiger partial charge in [0.25, 0.3) is 0 Å². The molecule has 2 amide bonds. The van der Waals surface area contributed by atoms with Gasteiger partial charge in [0.15, 0.2) is 0 Å². The number of ketones is 1. The van der Waals surface area contributed by atoms with Crippen molar-refractivity contribution < 1.29 is 47.8 Å². The predicted molar refractivity (Wildman–Crippen MR) is 84.1 cm³/mol. The molecule has 0 aromatic carbocycles. The Hall–Kier alpha value is -0.580. The third-order valence-corrected chi connectivity index (χ3v) is 6.17.